The first-order valence-corrected chi connectivity index (χ1v) is 10.6. The summed E-state index contributed by atoms with van der Waals surface area (Å²) in [6.45, 7) is 0. The summed E-state index contributed by atoms with van der Waals surface area (Å²) in [6.07, 6.45) is 9.86. The molecule has 0 bridgehead atoms. The zero-order valence-electron chi connectivity index (χ0n) is 13.5. The van der Waals surface area contributed by atoms with Gasteiger partial charge in [0.15, 0.2) is 5.13 Å². The standard InChI is InChI=1S/C17H16ClN3O3S2/c18-15(12-4-2-1-3-5-12)16(22)20-13-6-8-14(9-7-13)26(23,24)21-17-19-10-11-25-17/h1-4,6-12,15H,5H2,(H,19,21)(H,20,22). The highest BCUT2D eigenvalue weighted by atomic mass is 35.5. The SMILES string of the molecule is O=C(Nc1ccc(S(=O)(=O)Nc2nccs2)cc1)C(Cl)C1C=CC=CC1. The molecule has 0 saturated heterocycles. The molecule has 1 aliphatic rings. The highest BCUT2D eigenvalue weighted by Gasteiger charge is 2.24. The molecule has 1 aromatic heterocycles. The molecular formula is C17H16ClN3O3S2. The summed E-state index contributed by atoms with van der Waals surface area (Å²) in [4.78, 5) is 16.2. The fourth-order valence-electron chi connectivity index (χ4n) is 2.39. The van der Waals surface area contributed by atoms with E-state index in [0.717, 1.165) is 0 Å². The molecule has 6 nitrogen and oxygen atoms in total. The highest BCUT2D eigenvalue weighted by molar-refractivity contribution is 7.93. The lowest BCUT2D eigenvalue weighted by atomic mass is 9.96. The van der Waals surface area contributed by atoms with Gasteiger partial charge in [0.05, 0.1) is 4.90 Å². The Labute approximate surface area is 160 Å². The van der Waals surface area contributed by atoms with Crippen LogP contribution < -0.4 is 10.0 Å². The maximum atomic E-state index is 12.3. The van der Waals surface area contributed by atoms with Gasteiger partial charge in [0.2, 0.25) is 5.91 Å². The number of alkyl halides is 1. The van der Waals surface area contributed by atoms with Crippen LogP contribution in [0.2, 0.25) is 0 Å². The number of amides is 1. The maximum absolute atomic E-state index is 12.3. The summed E-state index contributed by atoms with van der Waals surface area (Å²) in [5.74, 6) is -0.392. The normalized spacial score (nSPS) is 17.7. The van der Waals surface area contributed by atoms with E-state index in [4.69, 9.17) is 11.6 Å². The van der Waals surface area contributed by atoms with Gasteiger partial charge in [-0.25, -0.2) is 13.4 Å². The molecule has 3 rings (SSSR count). The van der Waals surface area contributed by atoms with Gasteiger partial charge in [-0.05, 0) is 30.7 Å². The number of benzene rings is 1. The number of thiazole rings is 1. The van der Waals surface area contributed by atoms with Crippen LogP contribution in [0.4, 0.5) is 10.8 Å². The number of nitrogens with one attached hydrogen (secondary N) is 2. The number of nitrogens with zero attached hydrogens (tertiary/aromatic N) is 1. The van der Waals surface area contributed by atoms with Crippen LogP contribution in [0.3, 0.4) is 0 Å². The van der Waals surface area contributed by atoms with Crippen molar-refractivity contribution < 1.29 is 13.2 Å². The van der Waals surface area contributed by atoms with Crippen LogP contribution in [-0.4, -0.2) is 24.7 Å². The van der Waals surface area contributed by atoms with Crippen LogP contribution in [0.25, 0.3) is 0 Å². The first-order chi connectivity index (χ1) is 12.5. The number of allylic oxidation sites excluding steroid dienone is 4. The second-order valence-electron chi connectivity index (χ2n) is 5.57. The van der Waals surface area contributed by atoms with Crippen molar-refractivity contribution >= 4 is 49.7 Å². The summed E-state index contributed by atoms with van der Waals surface area (Å²) in [5.41, 5.74) is 0.476. The van der Waals surface area contributed by atoms with Crippen LogP contribution in [0.15, 0.2) is 65.0 Å². The molecular weight excluding hydrogens is 394 g/mol. The molecule has 26 heavy (non-hydrogen) atoms. The number of anilines is 2. The quantitative estimate of drug-likeness (QED) is 0.713. The molecule has 1 aliphatic carbocycles. The Morgan fingerprint density at radius 2 is 2.04 bits per heavy atom. The summed E-state index contributed by atoms with van der Waals surface area (Å²) < 4.78 is 27.0. The summed E-state index contributed by atoms with van der Waals surface area (Å²) >= 11 is 7.42. The third-order valence-corrected chi connectivity index (χ3v) is 6.42. The zero-order valence-corrected chi connectivity index (χ0v) is 15.9. The number of rotatable bonds is 6. The van der Waals surface area contributed by atoms with Crippen LogP contribution in [0.1, 0.15) is 6.42 Å². The minimum Gasteiger partial charge on any atom is -0.325 e. The van der Waals surface area contributed by atoms with Gasteiger partial charge >= 0.3 is 0 Å². The van der Waals surface area contributed by atoms with Crippen molar-refractivity contribution in [3.05, 3.63) is 60.1 Å². The lowest BCUT2D eigenvalue weighted by Gasteiger charge is -2.18. The smallest absolute Gasteiger partial charge is 0.263 e. The van der Waals surface area contributed by atoms with Gasteiger partial charge in [-0.15, -0.1) is 22.9 Å². The van der Waals surface area contributed by atoms with E-state index in [0.29, 0.717) is 17.2 Å². The van der Waals surface area contributed by atoms with Crippen molar-refractivity contribution in [2.45, 2.75) is 16.7 Å². The van der Waals surface area contributed by atoms with Crippen molar-refractivity contribution in [3.8, 4) is 0 Å². The largest absolute Gasteiger partial charge is 0.325 e. The Kier molecular flexibility index (Phi) is 5.75. The van der Waals surface area contributed by atoms with Gasteiger partial charge in [-0.2, -0.15) is 0 Å². The molecule has 0 saturated carbocycles. The second kappa shape index (κ2) is 8.03. The van der Waals surface area contributed by atoms with E-state index in [1.165, 1.54) is 41.8 Å². The van der Waals surface area contributed by atoms with E-state index in [-0.39, 0.29) is 16.7 Å². The number of aromatic nitrogens is 1. The number of carbonyl (C=O) groups is 1. The molecule has 2 unspecified atom stereocenters. The molecule has 1 aromatic carbocycles. The Hall–Kier alpha value is -2.16. The van der Waals surface area contributed by atoms with Gasteiger partial charge in [-0.1, -0.05) is 24.3 Å². The van der Waals surface area contributed by atoms with Gasteiger partial charge in [0.1, 0.15) is 5.38 Å². The Balaban J connectivity index is 1.64. The third-order valence-electron chi connectivity index (χ3n) is 3.73. The van der Waals surface area contributed by atoms with E-state index in [1.807, 2.05) is 24.3 Å². The summed E-state index contributed by atoms with van der Waals surface area (Å²) in [5, 5.41) is 3.98. The van der Waals surface area contributed by atoms with Crippen molar-refractivity contribution in [3.63, 3.8) is 0 Å². The summed E-state index contributed by atoms with van der Waals surface area (Å²) in [6, 6.07) is 5.87. The molecule has 1 heterocycles. The summed E-state index contributed by atoms with van der Waals surface area (Å²) in [7, 11) is -3.72. The van der Waals surface area contributed by atoms with Crippen LogP contribution in [0, 0.1) is 5.92 Å². The van der Waals surface area contributed by atoms with E-state index in [1.54, 1.807) is 5.38 Å². The van der Waals surface area contributed by atoms with Crippen molar-refractivity contribution in [1.29, 1.82) is 0 Å². The highest BCUT2D eigenvalue weighted by Crippen LogP contribution is 2.23. The van der Waals surface area contributed by atoms with E-state index in [9.17, 15) is 13.2 Å². The lowest BCUT2D eigenvalue weighted by molar-refractivity contribution is -0.116. The van der Waals surface area contributed by atoms with Crippen molar-refractivity contribution in [1.82, 2.24) is 4.98 Å². The zero-order chi connectivity index (χ0) is 18.6. The van der Waals surface area contributed by atoms with Crippen LogP contribution in [0.5, 0.6) is 0 Å². The van der Waals surface area contributed by atoms with Gasteiger partial charge in [0.25, 0.3) is 10.0 Å². The minimum absolute atomic E-state index is 0.0659. The minimum atomic E-state index is -3.72. The third kappa shape index (κ3) is 4.51. The average molecular weight is 410 g/mol. The topological polar surface area (TPSA) is 88.2 Å². The first-order valence-electron chi connectivity index (χ1n) is 7.76. The van der Waals surface area contributed by atoms with Crippen molar-refractivity contribution in [2.75, 3.05) is 10.0 Å². The molecule has 2 N–H and O–H groups in total. The van der Waals surface area contributed by atoms with Gasteiger partial charge in [-0.3, -0.25) is 9.52 Å². The van der Waals surface area contributed by atoms with Gasteiger partial charge < -0.3 is 5.32 Å². The maximum Gasteiger partial charge on any atom is 0.263 e. The fourth-order valence-corrected chi connectivity index (χ4v) is 4.42. The molecule has 2 aromatic rings. The Bertz CT molecular complexity index is 923. The molecule has 0 fully saturated rings. The lowest BCUT2D eigenvalue weighted by Crippen LogP contribution is -2.29. The van der Waals surface area contributed by atoms with Crippen LogP contribution in [-0.2, 0) is 14.8 Å². The molecule has 2 atom stereocenters. The number of carbonyl (C=O) groups excluding carboxylic acids is 1. The fraction of sp³-hybridized carbons (Fsp3) is 0.176. The first kappa shape index (κ1) is 18.6. The Morgan fingerprint density at radius 3 is 2.65 bits per heavy atom. The van der Waals surface area contributed by atoms with E-state index in [2.05, 4.69) is 15.0 Å². The average Bonchev–Trinajstić information content (AvgIpc) is 3.14. The van der Waals surface area contributed by atoms with Crippen molar-refractivity contribution in [2.24, 2.45) is 5.92 Å². The van der Waals surface area contributed by atoms with E-state index < -0.39 is 15.4 Å². The molecule has 0 radical (unpaired) electrons. The number of sulfonamides is 1. The molecule has 0 spiro atoms. The Morgan fingerprint density at radius 1 is 1.27 bits per heavy atom. The van der Waals surface area contributed by atoms with Crippen LogP contribution >= 0.6 is 22.9 Å². The second-order valence-corrected chi connectivity index (χ2v) is 8.62. The number of halogens is 1. The van der Waals surface area contributed by atoms with E-state index >= 15 is 0 Å². The monoisotopic (exact) mass is 409 g/mol. The number of hydrogen-bond acceptors (Lipinski definition) is 5. The predicted octanol–water partition coefficient (Wildman–Crippen LogP) is 3.62. The predicted molar refractivity (Wildman–Crippen MR) is 104 cm³/mol. The molecule has 9 heteroatoms. The molecule has 1 amide bonds. The number of hydrogen-bond donors (Lipinski definition) is 2. The molecule has 0 aliphatic heterocycles. The molecule has 136 valence electrons. The van der Waals surface area contributed by atoms with Gasteiger partial charge in [0, 0.05) is 23.2 Å².